The second-order valence-corrected chi connectivity index (χ2v) is 5.30. The SMILES string of the molecule is CNC(=O)C1(C)CCN(Cc2ccc(NN)nc2)C1. The number of carbonyl (C=O) groups excluding carboxylic acids is 1. The average molecular weight is 263 g/mol. The van der Waals surface area contributed by atoms with Crippen molar-refractivity contribution in [1.82, 2.24) is 15.2 Å². The van der Waals surface area contributed by atoms with Crippen molar-refractivity contribution in [2.24, 2.45) is 11.3 Å². The lowest BCUT2D eigenvalue weighted by molar-refractivity contribution is -0.129. The highest BCUT2D eigenvalue weighted by Gasteiger charge is 2.39. The predicted molar refractivity (Wildman–Crippen MR) is 74.1 cm³/mol. The molecule has 0 radical (unpaired) electrons. The van der Waals surface area contributed by atoms with Crippen molar-refractivity contribution in [3.8, 4) is 0 Å². The lowest BCUT2D eigenvalue weighted by atomic mass is 9.89. The van der Waals surface area contributed by atoms with Crippen LogP contribution in [0.3, 0.4) is 0 Å². The Hall–Kier alpha value is -1.66. The van der Waals surface area contributed by atoms with Crippen molar-refractivity contribution >= 4 is 11.7 Å². The first-order valence-corrected chi connectivity index (χ1v) is 6.43. The number of carbonyl (C=O) groups is 1. The van der Waals surface area contributed by atoms with Crippen LogP contribution in [0.1, 0.15) is 18.9 Å². The molecule has 0 aliphatic carbocycles. The van der Waals surface area contributed by atoms with Gasteiger partial charge in [-0.3, -0.25) is 9.69 Å². The van der Waals surface area contributed by atoms with E-state index in [0.717, 1.165) is 31.6 Å². The van der Waals surface area contributed by atoms with Gasteiger partial charge in [0.25, 0.3) is 0 Å². The highest BCUT2D eigenvalue weighted by molar-refractivity contribution is 5.82. The molecule has 1 atom stereocenters. The summed E-state index contributed by atoms with van der Waals surface area (Å²) < 4.78 is 0. The molecule has 1 aromatic heterocycles. The number of nitrogen functional groups attached to an aromatic ring is 1. The highest BCUT2D eigenvalue weighted by Crippen LogP contribution is 2.30. The molecular formula is C13H21N5O. The van der Waals surface area contributed by atoms with E-state index in [-0.39, 0.29) is 11.3 Å². The molecule has 0 saturated carbocycles. The van der Waals surface area contributed by atoms with Crippen LogP contribution in [0, 0.1) is 5.41 Å². The Morgan fingerprint density at radius 2 is 2.37 bits per heavy atom. The van der Waals surface area contributed by atoms with E-state index < -0.39 is 0 Å². The molecular weight excluding hydrogens is 242 g/mol. The molecule has 2 heterocycles. The standard InChI is InChI=1S/C13H21N5O/c1-13(12(19)15-2)5-6-18(9-13)8-10-3-4-11(17-14)16-7-10/h3-4,7H,5-6,8-9,14H2,1-2H3,(H,15,19)(H,16,17). The summed E-state index contributed by atoms with van der Waals surface area (Å²) in [7, 11) is 1.69. The molecule has 6 heteroatoms. The summed E-state index contributed by atoms with van der Waals surface area (Å²) in [6.07, 6.45) is 2.70. The molecule has 6 nitrogen and oxygen atoms in total. The van der Waals surface area contributed by atoms with Gasteiger partial charge in [0.15, 0.2) is 0 Å². The summed E-state index contributed by atoms with van der Waals surface area (Å²) in [5.74, 6) is 6.05. The van der Waals surface area contributed by atoms with Crippen molar-refractivity contribution in [2.45, 2.75) is 19.9 Å². The second-order valence-electron chi connectivity index (χ2n) is 5.30. The molecule has 1 unspecified atom stereocenters. The van der Waals surface area contributed by atoms with E-state index in [1.165, 1.54) is 0 Å². The van der Waals surface area contributed by atoms with E-state index in [2.05, 4.69) is 20.6 Å². The molecule has 1 fully saturated rings. The molecule has 4 N–H and O–H groups in total. The van der Waals surface area contributed by atoms with Gasteiger partial charge in [-0.05, 0) is 31.5 Å². The van der Waals surface area contributed by atoms with E-state index in [1.54, 1.807) is 7.05 Å². The maximum atomic E-state index is 11.8. The molecule has 1 aromatic rings. The molecule has 0 spiro atoms. The Balaban J connectivity index is 1.96. The summed E-state index contributed by atoms with van der Waals surface area (Å²) in [6.45, 7) is 4.54. The number of hydrazine groups is 1. The smallest absolute Gasteiger partial charge is 0.227 e. The summed E-state index contributed by atoms with van der Waals surface area (Å²) in [6, 6.07) is 3.85. The van der Waals surface area contributed by atoms with Gasteiger partial charge in [0.2, 0.25) is 5.91 Å². The third kappa shape index (κ3) is 3.02. The van der Waals surface area contributed by atoms with E-state index in [1.807, 2.05) is 25.3 Å². The van der Waals surface area contributed by atoms with Gasteiger partial charge < -0.3 is 10.7 Å². The Labute approximate surface area is 113 Å². The largest absolute Gasteiger partial charge is 0.359 e. The van der Waals surface area contributed by atoms with Gasteiger partial charge in [0, 0.05) is 26.3 Å². The van der Waals surface area contributed by atoms with Crippen LogP contribution >= 0.6 is 0 Å². The Morgan fingerprint density at radius 1 is 1.58 bits per heavy atom. The number of rotatable bonds is 4. The van der Waals surface area contributed by atoms with Gasteiger partial charge >= 0.3 is 0 Å². The zero-order chi connectivity index (χ0) is 13.9. The van der Waals surface area contributed by atoms with Crippen LogP contribution in [-0.4, -0.2) is 35.9 Å². The number of nitrogens with one attached hydrogen (secondary N) is 2. The first-order valence-electron chi connectivity index (χ1n) is 6.43. The number of anilines is 1. The van der Waals surface area contributed by atoms with Crippen LogP contribution in [-0.2, 0) is 11.3 Å². The monoisotopic (exact) mass is 263 g/mol. The fourth-order valence-corrected chi connectivity index (χ4v) is 2.54. The molecule has 1 saturated heterocycles. The maximum Gasteiger partial charge on any atom is 0.227 e. The van der Waals surface area contributed by atoms with Crippen molar-refractivity contribution in [3.63, 3.8) is 0 Å². The van der Waals surface area contributed by atoms with Crippen LogP contribution in [0.4, 0.5) is 5.82 Å². The fraction of sp³-hybridized carbons (Fsp3) is 0.538. The Kier molecular flexibility index (Phi) is 4.01. The molecule has 19 heavy (non-hydrogen) atoms. The van der Waals surface area contributed by atoms with Crippen LogP contribution in [0.5, 0.6) is 0 Å². The number of nitrogens with zero attached hydrogens (tertiary/aromatic N) is 2. The van der Waals surface area contributed by atoms with Gasteiger partial charge in [-0.25, -0.2) is 10.8 Å². The summed E-state index contributed by atoms with van der Waals surface area (Å²) in [4.78, 5) is 18.3. The molecule has 0 bridgehead atoms. The third-order valence-electron chi connectivity index (χ3n) is 3.71. The minimum atomic E-state index is -0.277. The number of hydrogen-bond acceptors (Lipinski definition) is 5. The van der Waals surface area contributed by atoms with Gasteiger partial charge in [-0.2, -0.15) is 0 Å². The second kappa shape index (κ2) is 5.54. The molecule has 0 aromatic carbocycles. The number of likely N-dealkylation sites (tertiary alicyclic amines) is 1. The molecule has 1 aliphatic heterocycles. The topological polar surface area (TPSA) is 83.3 Å². The lowest BCUT2D eigenvalue weighted by Crippen LogP contribution is -2.39. The van der Waals surface area contributed by atoms with Crippen LogP contribution in [0.15, 0.2) is 18.3 Å². The normalized spacial score (nSPS) is 23.3. The zero-order valence-corrected chi connectivity index (χ0v) is 11.4. The maximum absolute atomic E-state index is 11.8. The van der Waals surface area contributed by atoms with Crippen LogP contribution in [0.2, 0.25) is 0 Å². The van der Waals surface area contributed by atoms with Gasteiger partial charge in [-0.15, -0.1) is 0 Å². The van der Waals surface area contributed by atoms with E-state index in [9.17, 15) is 4.79 Å². The zero-order valence-electron chi connectivity index (χ0n) is 11.4. The number of hydrogen-bond donors (Lipinski definition) is 3. The predicted octanol–water partition coefficient (Wildman–Crippen LogP) is 0.325. The van der Waals surface area contributed by atoms with E-state index in [4.69, 9.17) is 5.84 Å². The number of nitrogens with two attached hydrogens (primary N) is 1. The van der Waals surface area contributed by atoms with Crippen molar-refractivity contribution in [1.29, 1.82) is 0 Å². The van der Waals surface area contributed by atoms with Crippen molar-refractivity contribution in [2.75, 3.05) is 25.6 Å². The first-order chi connectivity index (χ1) is 9.07. The molecule has 104 valence electrons. The first kappa shape index (κ1) is 13.8. The number of aromatic nitrogens is 1. The summed E-state index contributed by atoms with van der Waals surface area (Å²) in [5, 5.41) is 2.75. The lowest BCUT2D eigenvalue weighted by Gasteiger charge is -2.22. The van der Waals surface area contributed by atoms with Gasteiger partial charge in [-0.1, -0.05) is 6.07 Å². The minimum Gasteiger partial charge on any atom is -0.359 e. The third-order valence-corrected chi connectivity index (χ3v) is 3.71. The van der Waals surface area contributed by atoms with E-state index in [0.29, 0.717) is 5.82 Å². The quantitative estimate of drug-likeness (QED) is 0.538. The Morgan fingerprint density at radius 3 is 2.95 bits per heavy atom. The average Bonchev–Trinajstić information content (AvgIpc) is 2.81. The fourth-order valence-electron chi connectivity index (χ4n) is 2.54. The highest BCUT2D eigenvalue weighted by atomic mass is 16.2. The Bertz CT molecular complexity index is 447. The minimum absolute atomic E-state index is 0.121. The molecule has 1 aliphatic rings. The molecule has 1 amide bonds. The van der Waals surface area contributed by atoms with Gasteiger partial charge in [0.05, 0.1) is 5.41 Å². The summed E-state index contributed by atoms with van der Waals surface area (Å²) >= 11 is 0. The number of pyridine rings is 1. The van der Waals surface area contributed by atoms with Crippen molar-refractivity contribution < 1.29 is 4.79 Å². The van der Waals surface area contributed by atoms with Gasteiger partial charge in [0.1, 0.15) is 5.82 Å². The molecule has 2 rings (SSSR count). The van der Waals surface area contributed by atoms with Crippen LogP contribution in [0.25, 0.3) is 0 Å². The van der Waals surface area contributed by atoms with E-state index >= 15 is 0 Å². The number of amides is 1. The summed E-state index contributed by atoms with van der Waals surface area (Å²) in [5.41, 5.74) is 3.35. The van der Waals surface area contributed by atoms with Crippen LogP contribution < -0.4 is 16.6 Å². The van der Waals surface area contributed by atoms with Crippen molar-refractivity contribution in [3.05, 3.63) is 23.9 Å².